The third-order valence-corrected chi connectivity index (χ3v) is 5.46. The molecule has 0 aliphatic heterocycles. The van der Waals surface area contributed by atoms with E-state index in [1.54, 1.807) is 19.1 Å². The number of sulfonamides is 1. The van der Waals surface area contributed by atoms with Gasteiger partial charge in [0.2, 0.25) is 10.0 Å². The fraction of sp³-hybridized carbons (Fsp3) is 0.438. The summed E-state index contributed by atoms with van der Waals surface area (Å²) in [5, 5.41) is 3.69. The molecule has 1 aromatic heterocycles. The van der Waals surface area contributed by atoms with Crippen LogP contribution < -0.4 is 4.72 Å². The number of nitrogens with zero attached hydrogens (tertiary/aromatic N) is 1. The zero-order valence-electron chi connectivity index (χ0n) is 12.8. The summed E-state index contributed by atoms with van der Waals surface area (Å²) in [7, 11) is -3.48. The maximum atomic E-state index is 13.3. The molecule has 2 atom stereocenters. The highest BCUT2D eigenvalue weighted by atomic mass is 32.2. The first kappa shape index (κ1) is 16.1. The minimum absolute atomic E-state index is 0.128. The van der Waals surface area contributed by atoms with Crippen molar-refractivity contribution >= 4 is 10.0 Å². The second-order valence-electron chi connectivity index (χ2n) is 6.07. The topological polar surface area (TPSA) is 72.2 Å². The van der Waals surface area contributed by atoms with Gasteiger partial charge in [0, 0.05) is 12.1 Å². The van der Waals surface area contributed by atoms with Crippen LogP contribution >= 0.6 is 0 Å². The van der Waals surface area contributed by atoms with Crippen molar-refractivity contribution in [1.82, 2.24) is 9.88 Å². The summed E-state index contributed by atoms with van der Waals surface area (Å²) in [5.74, 6) is 0.0439. The van der Waals surface area contributed by atoms with Gasteiger partial charge in [-0.3, -0.25) is 0 Å². The van der Waals surface area contributed by atoms with Crippen LogP contribution in [0.3, 0.4) is 0 Å². The van der Waals surface area contributed by atoms with Crippen LogP contribution in [0, 0.1) is 12.7 Å². The molecule has 23 heavy (non-hydrogen) atoms. The highest BCUT2D eigenvalue weighted by Gasteiger charge is 2.29. The molecule has 3 rings (SSSR count). The highest BCUT2D eigenvalue weighted by molar-refractivity contribution is 7.88. The third-order valence-electron chi connectivity index (χ3n) is 4.11. The molecular weight excluding hydrogens is 319 g/mol. The summed E-state index contributed by atoms with van der Waals surface area (Å²) in [6.45, 7) is 1.74. The van der Waals surface area contributed by atoms with Crippen molar-refractivity contribution in [3.63, 3.8) is 0 Å². The van der Waals surface area contributed by atoms with Gasteiger partial charge in [-0.05, 0) is 49.8 Å². The van der Waals surface area contributed by atoms with Gasteiger partial charge < -0.3 is 4.52 Å². The number of nitrogens with one attached hydrogen (secondary N) is 1. The maximum Gasteiger partial charge on any atom is 0.219 e. The first-order chi connectivity index (χ1) is 10.9. The fourth-order valence-corrected chi connectivity index (χ4v) is 4.43. The molecule has 1 N–H and O–H groups in total. The quantitative estimate of drug-likeness (QED) is 0.910. The van der Waals surface area contributed by atoms with Gasteiger partial charge in [0.05, 0.1) is 5.69 Å². The Kier molecular flexibility index (Phi) is 4.50. The largest absolute Gasteiger partial charge is 0.360 e. The van der Waals surface area contributed by atoms with E-state index in [9.17, 15) is 12.8 Å². The van der Waals surface area contributed by atoms with Crippen LogP contribution in [0.5, 0.6) is 0 Å². The molecule has 1 aliphatic carbocycles. The van der Waals surface area contributed by atoms with E-state index >= 15 is 0 Å². The predicted octanol–water partition coefficient (Wildman–Crippen LogP) is 2.88. The van der Waals surface area contributed by atoms with E-state index in [-0.39, 0.29) is 23.5 Å². The van der Waals surface area contributed by atoms with Crippen LogP contribution in [0.1, 0.15) is 42.2 Å². The van der Waals surface area contributed by atoms with Gasteiger partial charge in [-0.25, -0.2) is 17.5 Å². The molecule has 0 bridgehead atoms. The molecule has 0 amide bonds. The van der Waals surface area contributed by atoms with Crippen LogP contribution in [0.25, 0.3) is 0 Å². The molecule has 1 fully saturated rings. The zero-order valence-corrected chi connectivity index (χ0v) is 13.6. The molecule has 1 aromatic carbocycles. The Bertz CT molecular complexity index is 788. The Morgan fingerprint density at radius 3 is 2.87 bits per heavy atom. The van der Waals surface area contributed by atoms with Crippen LogP contribution in [0.15, 0.2) is 34.9 Å². The Labute approximate surface area is 134 Å². The lowest BCUT2D eigenvalue weighted by molar-refractivity contribution is 0.388. The second kappa shape index (κ2) is 6.41. The predicted molar refractivity (Wildman–Crippen MR) is 83.8 cm³/mol. The number of aromatic nitrogens is 1. The minimum atomic E-state index is -3.48. The molecule has 5 nitrogen and oxygen atoms in total. The van der Waals surface area contributed by atoms with Gasteiger partial charge in [0.25, 0.3) is 0 Å². The SMILES string of the molecule is Cc1cc(CS(=O)(=O)N[C@H]2CC[C@H](c3cccc(F)c3)C2)on1. The van der Waals surface area contributed by atoms with Gasteiger partial charge in [-0.1, -0.05) is 17.3 Å². The summed E-state index contributed by atoms with van der Waals surface area (Å²) < 4.78 is 45.4. The molecule has 2 aromatic rings. The average molecular weight is 338 g/mol. The van der Waals surface area contributed by atoms with E-state index in [0.717, 1.165) is 18.4 Å². The lowest BCUT2D eigenvalue weighted by atomic mass is 9.97. The number of aryl methyl sites for hydroxylation is 1. The monoisotopic (exact) mass is 338 g/mol. The average Bonchev–Trinajstić information content (AvgIpc) is 3.07. The molecule has 0 spiro atoms. The van der Waals surface area contributed by atoms with E-state index in [1.165, 1.54) is 12.1 Å². The van der Waals surface area contributed by atoms with Crippen molar-refractivity contribution in [3.8, 4) is 0 Å². The Morgan fingerprint density at radius 2 is 2.17 bits per heavy atom. The molecule has 124 valence electrons. The van der Waals surface area contributed by atoms with Crippen molar-refractivity contribution in [1.29, 1.82) is 0 Å². The summed E-state index contributed by atoms with van der Waals surface area (Å²) >= 11 is 0. The van der Waals surface area contributed by atoms with E-state index in [1.807, 2.05) is 6.07 Å². The van der Waals surface area contributed by atoms with Crippen LogP contribution in [0.4, 0.5) is 4.39 Å². The number of rotatable bonds is 5. The number of hydrogen-bond acceptors (Lipinski definition) is 4. The molecule has 0 radical (unpaired) electrons. The van der Waals surface area contributed by atoms with Crippen molar-refractivity contribution < 1.29 is 17.3 Å². The maximum absolute atomic E-state index is 13.3. The minimum Gasteiger partial charge on any atom is -0.360 e. The lowest BCUT2D eigenvalue weighted by Crippen LogP contribution is -2.33. The van der Waals surface area contributed by atoms with Crippen LogP contribution in [-0.4, -0.2) is 19.6 Å². The first-order valence-electron chi connectivity index (χ1n) is 7.59. The molecule has 1 saturated carbocycles. The van der Waals surface area contributed by atoms with Crippen molar-refractivity contribution in [2.24, 2.45) is 0 Å². The zero-order chi connectivity index (χ0) is 16.4. The van der Waals surface area contributed by atoms with Crippen molar-refractivity contribution in [2.75, 3.05) is 0 Å². The number of benzene rings is 1. The van der Waals surface area contributed by atoms with Crippen molar-refractivity contribution in [3.05, 3.63) is 53.2 Å². The molecule has 1 heterocycles. The van der Waals surface area contributed by atoms with E-state index in [0.29, 0.717) is 17.9 Å². The van der Waals surface area contributed by atoms with Gasteiger partial charge in [-0.15, -0.1) is 0 Å². The number of halogens is 1. The third kappa shape index (κ3) is 4.17. The molecule has 0 unspecified atom stereocenters. The van der Waals surface area contributed by atoms with Crippen LogP contribution in [-0.2, 0) is 15.8 Å². The van der Waals surface area contributed by atoms with E-state index in [2.05, 4.69) is 9.88 Å². The smallest absolute Gasteiger partial charge is 0.219 e. The summed E-state index contributed by atoms with van der Waals surface area (Å²) in [4.78, 5) is 0. The Morgan fingerprint density at radius 1 is 1.35 bits per heavy atom. The summed E-state index contributed by atoms with van der Waals surface area (Å²) in [6.07, 6.45) is 2.27. The van der Waals surface area contributed by atoms with Gasteiger partial charge in [0.1, 0.15) is 11.6 Å². The Balaban J connectivity index is 1.61. The summed E-state index contributed by atoms with van der Waals surface area (Å²) in [5.41, 5.74) is 1.58. The highest BCUT2D eigenvalue weighted by Crippen LogP contribution is 2.35. The van der Waals surface area contributed by atoms with E-state index < -0.39 is 10.0 Å². The van der Waals surface area contributed by atoms with Gasteiger partial charge >= 0.3 is 0 Å². The summed E-state index contributed by atoms with van der Waals surface area (Å²) in [6, 6.07) is 8.01. The van der Waals surface area contributed by atoms with E-state index in [4.69, 9.17) is 4.52 Å². The van der Waals surface area contributed by atoms with Gasteiger partial charge in [-0.2, -0.15) is 0 Å². The fourth-order valence-electron chi connectivity index (χ4n) is 3.12. The molecule has 1 aliphatic rings. The first-order valence-corrected chi connectivity index (χ1v) is 9.24. The lowest BCUT2D eigenvalue weighted by Gasteiger charge is -2.13. The second-order valence-corrected chi connectivity index (χ2v) is 7.83. The molecule has 7 heteroatoms. The van der Waals surface area contributed by atoms with Crippen LogP contribution in [0.2, 0.25) is 0 Å². The molecule has 0 saturated heterocycles. The standard InChI is InChI=1S/C16H19FN2O3S/c1-11-7-16(22-18-11)10-23(20,21)19-15-6-5-13(9-15)12-3-2-4-14(17)8-12/h2-4,7-8,13,15,19H,5-6,9-10H2,1H3/t13-,15-/m0/s1. The van der Waals surface area contributed by atoms with Gasteiger partial charge in [0.15, 0.2) is 5.76 Å². The molecular formula is C16H19FN2O3S. The normalized spacial score (nSPS) is 21.7. The number of hydrogen-bond donors (Lipinski definition) is 1. The Hall–Kier alpha value is -1.73. The van der Waals surface area contributed by atoms with Crippen molar-refractivity contribution in [2.45, 2.75) is 43.9 Å².